The van der Waals surface area contributed by atoms with Gasteiger partial charge < -0.3 is 5.32 Å². The lowest BCUT2D eigenvalue weighted by atomic mass is 9.90. The molecule has 1 aliphatic heterocycles. The molecule has 1 saturated carbocycles. The molecule has 2 aliphatic rings. The van der Waals surface area contributed by atoms with Gasteiger partial charge in [-0.1, -0.05) is 19.8 Å². The number of hydrogen-bond acceptors (Lipinski definition) is 3. The fraction of sp³-hybridized carbons (Fsp3) is 0.643. The van der Waals surface area contributed by atoms with E-state index in [1.165, 1.54) is 0 Å². The van der Waals surface area contributed by atoms with Gasteiger partial charge in [0.05, 0.1) is 11.9 Å². The first-order valence-corrected chi connectivity index (χ1v) is 7.22. The molecule has 6 heteroatoms. The molecule has 108 valence electrons. The monoisotopic (exact) mass is 276 g/mol. The number of nitrogens with zero attached hydrogens (tertiary/aromatic N) is 3. The topological polar surface area (TPSA) is 67.2 Å². The molecule has 1 aromatic rings. The summed E-state index contributed by atoms with van der Waals surface area (Å²) in [4.78, 5) is 27.0. The molecule has 0 bridgehead atoms. The highest BCUT2D eigenvalue weighted by Crippen LogP contribution is 2.36. The predicted octanol–water partition coefficient (Wildman–Crippen LogP) is 0.974. The normalized spacial score (nSPS) is 25.3. The second-order valence-electron chi connectivity index (χ2n) is 5.75. The van der Waals surface area contributed by atoms with Crippen LogP contribution in [0.25, 0.3) is 0 Å². The zero-order chi connectivity index (χ0) is 14.3. The van der Waals surface area contributed by atoms with Crippen LogP contribution in [-0.4, -0.2) is 33.2 Å². The standard InChI is InChI=1S/C14H20N4O2/c1-3-11-12(19)16-14(6-4-5-7-14)13(20)18(11)10-8-15-17(2)9-10/h8-9,11H,3-7H2,1-2H3,(H,16,19). The van der Waals surface area contributed by atoms with Crippen LogP contribution in [-0.2, 0) is 16.6 Å². The van der Waals surface area contributed by atoms with Gasteiger partial charge >= 0.3 is 0 Å². The van der Waals surface area contributed by atoms with Gasteiger partial charge in [0.25, 0.3) is 5.91 Å². The minimum absolute atomic E-state index is 0.0226. The van der Waals surface area contributed by atoms with Crippen LogP contribution in [0.4, 0.5) is 5.69 Å². The fourth-order valence-electron chi connectivity index (χ4n) is 3.38. The lowest BCUT2D eigenvalue weighted by molar-refractivity contribution is -0.138. The van der Waals surface area contributed by atoms with Crippen LogP contribution in [0.15, 0.2) is 12.4 Å². The number of anilines is 1. The molecule has 1 atom stereocenters. The lowest BCUT2D eigenvalue weighted by Crippen LogP contribution is -2.69. The molecule has 6 nitrogen and oxygen atoms in total. The van der Waals surface area contributed by atoms with Crippen LogP contribution >= 0.6 is 0 Å². The van der Waals surface area contributed by atoms with E-state index in [1.807, 2.05) is 14.0 Å². The van der Waals surface area contributed by atoms with Crippen molar-refractivity contribution < 1.29 is 9.59 Å². The SMILES string of the molecule is CCC1C(=O)NC2(CCCC2)C(=O)N1c1cnn(C)c1. The van der Waals surface area contributed by atoms with E-state index in [9.17, 15) is 9.59 Å². The van der Waals surface area contributed by atoms with Gasteiger partial charge in [-0.2, -0.15) is 5.10 Å². The smallest absolute Gasteiger partial charge is 0.253 e. The van der Waals surface area contributed by atoms with E-state index in [0.29, 0.717) is 12.1 Å². The third-order valence-corrected chi connectivity index (χ3v) is 4.42. The van der Waals surface area contributed by atoms with E-state index < -0.39 is 11.6 Å². The van der Waals surface area contributed by atoms with Gasteiger partial charge in [0.15, 0.2) is 0 Å². The van der Waals surface area contributed by atoms with Gasteiger partial charge in [-0.25, -0.2) is 0 Å². The average Bonchev–Trinajstić information content (AvgIpc) is 3.04. The minimum Gasteiger partial charge on any atom is -0.340 e. The van der Waals surface area contributed by atoms with Crippen LogP contribution in [0.3, 0.4) is 0 Å². The Morgan fingerprint density at radius 3 is 2.65 bits per heavy atom. The van der Waals surface area contributed by atoms with Crippen molar-refractivity contribution in [1.82, 2.24) is 15.1 Å². The fourth-order valence-corrected chi connectivity index (χ4v) is 3.38. The number of carbonyl (C=O) groups is 2. The van der Waals surface area contributed by atoms with Crippen molar-refractivity contribution in [1.29, 1.82) is 0 Å². The number of aryl methyl sites for hydroxylation is 1. The first kappa shape index (κ1) is 13.1. The number of nitrogens with one attached hydrogen (secondary N) is 1. The summed E-state index contributed by atoms with van der Waals surface area (Å²) in [6.07, 6.45) is 7.51. The zero-order valence-electron chi connectivity index (χ0n) is 11.9. The molecule has 1 unspecified atom stereocenters. The summed E-state index contributed by atoms with van der Waals surface area (Å²) in [5.41, 5.74) is 0.0315. The molecule has 2 fully saturated rings. The van der Waals surface area contributed by atoms with E-state index in [0.717, 1.165) is 25.7 Å². The Balaban J connectivity index is 2.02. The van der Waals surface area contributed by atoms with E-state index in [2.05, 4.69) is 10.4 Å². The first-order chi connectivity index (χ1) is 9.57. The van der Waals surface area contributed by atoms with Crippen molar-refractivity contribution in [2.75, 3.05) is 4.90 Å². The molecule has 1 N–H and O–H groups in total. The molecule has 1 aromatic heterocycles. The van der Waals surface area contributed by atoms with Gasteiger partial charge in [-0.3, -0.25) is 19.2 Å². The highest BCUT2D eigenvalue weighted by Gasteiger charge is 2.52. The summed E-state index contributed by atoms with van der Waals surface area (Å²) in [7, 11) is 1.81. The number of piperazine rings is 1. The zero-order valence-corrected chi connectivity index (χ0v) is 11.9. The number of hydrogen-bond donors (Lipinski definition) is 1. The first-order valence-electron chi connectivity index (χ1n) is 7.22. The Kier molecular flexibility index (Phi) is 3.03. The van der Waals surface area contributed by atoms with Crippen LogP contribution in [0.5, 0.6) is 0 Å². The van der Waals surface area contributed by atoms with Gasteiger partial charge in [-0.15, -0.1) is 0 Å². The molecule has 2 heterocycles. The third kappa shape index (κ3) is 1.82. The van der Waals surface area contributed by atoms with Crippen LogP contribution in [0, 0.1) is 0 Å². The minimum atomic E-state index is -0.682. The largest absolute Gasteiger partial charge is 0.340 e. The molecule has 20 heavy (non-hydrogen) atoms. The summed E-state index contributed by atoms with van der Waals surface area (Å²) in [6.45, 7) is 1.92. The van der Waals surface area contributed by atoms with Gasteiger partial charge in [0, 0.05) is 13.2 Å². The summed E-state index contributed by atoms with van der Waals surface area (Å²) in [6, 6.07) is -0.432. The maximum atomic E-state index is 12.9. The van der Waals surface area contributed by atoms with Crippen LogP contribution in [0.2, 0.25) is 0 Å². The summed E-state index contributed by atoms with van der Waals surface area (Å²) in [5.74, 6) is -0.0210. The van der Waals surface area contributed by atoms with E-state index >= 15 is 0 Å². The second-order valence-corrected chi connectivity index (χ2v) is 5.75. The number of aromatic nitrogens is 2. The maximum Gasteiger partial charge on any atom is 0.253 e. The molecular weight excluding hydrogens is 256 g/mol. The van der Waals surface area contributed by atoms with Crippen molar-refractivity contribution in [3.63, 3.8) is 0 Å². The number of amides is 2. The van der Waals surface area contributed by atoms with E-state index in [-0.39, 0.29) is 11.8 Å². The number of carbonyl (C=O) groups excluding carboxylic acids is 2. The Morgan fingerprint density at radius 1 is 1.40 bits per heavy atom. The molecule has 1 spiro atoms. The molecule has 3 rings (SSSR count). The average molecular weight is 276 g/mol. The Labute approximate surface area is 118 Å². The maximum absolute atomic E-state index is 12.9. The van der Waals surface area contributed by atoms with Crippen molar-refractivity contribution in [3.05, 3.63) is 12.4 Å². The summed E-state index contributed by atoms with van der Waals surface area (Å²) in [5, 5.41) is 7.12. The lowest BCUT2D eigenvalue weighted by Gasteiger charge is -2.43. The van der Waals surface area contributed by atoms with Gasteiger partial charge in [0.1, 0.15) is 11.6 Å². The van der Waals surface area contributed by atoms with Crippen molar-refractivity contribution in [3.8, 4) is 0 Å². The molecule has 0 aromatic carbocycles. The predicted molar refractivity (Wildman–Crippen MR) is 74.1 cm³/mol. The van der Waals surface area contributed by atoms with Crippen molar-refractivity contribution >= 4 is 17.5 Å². The van der Waals surface area contributed by atoms with Gasteiger partial charge in [-0.05, 0) is 19.3 Å². The quantitative estimate of drug-likeness (QED) is 0.875. The second kappa shape index (κ2) is 4.61. The van der Waals surface area contributed by atoms with Gasteiger partial charge in [0.2, 0.25) is 5.91 Å². The molecule has 1 aliphatic carbocycles. The highest BCUT2D eigenvalue weighted by atomic mass is 16.2. The van der Waals surface area contributed by atoms with E-state index in [1.54, 1.807) is 22.0 Å². The Hall–Kier alpha value is -1.85. The number of rotatable bonds is 2. The third-order valence-electron chi connectivity index (χ3n) is 4.42. The van der Waals surface area contributed by atoms with E-state index in [4.69, 9.17) is 0 Å². The summed E-state index contributed by atoms with van der Waals surface area (Å²) >= 11 is 0. The van der Waals surface area contributed by atoms with Crippen molar-refractivity contribution in [2.45, 2.75) is 50.6 Å². The van der Waals surface area contributed by atoms with Crippen LogP contribution < -0.4 is 10.2 Å². The molecular formula is C14H20N4O2. The Bertz CT molecular complexity index is 545. The Morgan fingerprint density at radius 2 is 2.10 bits per heavy atom. The molecule has 0 radical (unpaired) electrons. The van der Waals surface area contributed by atoms with Crippen molar-refractivity contribution in [2.24, 2.45) is 7.05 Å². The van der Waals surface area contributed by atoms with Crippen LogP contribution in [0.1, 0.15) is 39.0 Å². The summed E-state index contributed by atoms with van der Waals surface area (Å²) < 4.78 is 1.66. The molecule has 2 amide bonds. The molecule has 1 saturated heterocycles. The highest BCUT2D eigenvalue weighted by molar-refractivity contribution is 6.10.